The number of aryl methyl sites for hydroxylation is 1. The first kappa shape index (κ1) is 15.9. The SMILES string of the molecule is CCc1cc(F)c(C(O)C(F)(F)F)c(S(C)(=O)=O)c1. The average molecular weight is 300 g/mol. The van der Waals surface area contributed by atoms with Crippen molar-refractivity contribution in [3.63, 3.8) is 0 Å². The third kappa shape index (κ3) is 3.44. The smallest absolute Gasteiger partial charge is 0.379 e. The monoisotopic (exact) mass is 300 g/mol. The first-order chi connectivity index (χ1) is 8.48. The number of hydrogen-bond acceptors (Lipinski definition) is 3. The van der Waals surface area contributed by atoms with Crippen molar-refractivity contribution in [1.82, 2.24) is 0 Å². The molecule has 1 aromatic rings. The van der Waals surface area contributed by atoms with Gasteiger partial charge in [0.2, 0.25) is 0 Å². The number of hydrogen-bond donors (Lipinski definition) is 1. The molecule has 1 unspecified atom stereocenters. The van der Waals surface area contributed by atoms with E-state index in [4.69, 9.17) is 5.11 Å². The van der Waals surface area contributed by atoms with Gasteiger partial charge < -0.3 is 5.11 Å². The Hall–Kier alpha value is -1.15. The lowest BCUT2D eigenvalue weighted by atomic mass is 10.0. The largest absolute Gasteiger partial charge is 0.418 e. The first-order valence-corrected chi connectivity index (χ1v) is 7.14. The molecule has 0 fully saturated rings. The van der Waals surface area contributed by atoms with Crippen LogP contribution in [0.15, 0.2) is 17.0 Å². The number of sulfone groups is 1. The minimum atomic E-state index is -5.14. The fourth-order valence-electron chi connectivity index (χ4n) is 1.59. The van der Waals surface area contributed by atoms with Crippen LogP contribution >= 0.6 is 0 Å². The van der Waals surface area contributed by atoms with Crippen LogP contribution in [0.5, 0.6) is 0 Å². The second-order valence-corrected chi connectivity index (χ2v) is 6.04. The van der Waals surface area contributed by atoms with Crippen LogP contribution in [-0.4, -0.2) is 26.0 Å². The lowest BCUT2D eigenvalue weighted by Gasteiger charge is -2.19. The topological polar surface area (TPSA) is 54.4 Å². The molecule has 0 saturated carbocycles. The molecule has 1 N–H and O–H groups in total. The average Bonchev–Trinajstić information content (AvgIpc) is 2.24. The van der Waals surface area contributed by atoms with Crippen molar-refractivity contribution >= 4 is 9.84 Å². The van der Waals surface area contributed by atoms with Gasteiger partial charge in [0.1, 0.15) is 5.82 Å². The summed E-state index contributed by atoms with van der Waals surface area (Å²) in [5.74, 6) is -1.38. The van der Waals surface area contributed by atoms with Crippen LogP contribution in [0.2, 0.25) is 0 Å². The molecule has 3 nitrogen and oxygen atoms in total. The summed E-state index contributed by atoms with van der Waals surface area (Å²) in [6.07, 6.45) is -7.41. The lowest BCUT2D eigenvalue weighted by molar-refractivity contribution is -0.208. The van der Waals surface area contributed by atoms with E-state index in [1.165, 1.54) is 0 Å². The van der Waals surface area contributed by atoms with Crippen LogP contribution in [0, 0.1) is 5.82 Å². The lowest BCUT2D eigenvalue weighted by Crippen LogP contribution is -2.24. The zero-order chi connectivity index (χ0) is 15.0. The predicted molar refractivity (Wildman–Crippen MR) is 59.9 cm³/mol. The summed E-state index contributed by atoms with van der Waals surface area (Å²) in [5.41, 5.74) is -1.02. The van der Waals surface area contributed by atoms with Gasteiger partial charge in [-0.3, -0.25) is 0 Å². The molecule has 1 atom stereocenters. The van der Waals surface area contributed by atoms with Crippen LogP contribution in [0.1, 0.15) is 24.2 Å². The molecule has 0 aromatic heterocycles. The molecule has 0 aliphatic rings. The number of benzene rings is 1. The van der Waals surface area contributed by atoms with Crippen molar-refractivity contribution < 1.29 is 31.1 Å². The van der Waals surface area contributed by atoms with Crippen LogP contribution in [-0.2, 0) is 16.3 Å². The van der Waals surface area contributed by atoms with Gasteiger partial charge in [-0.2, -0.15) is 13.2 Å². The van der Waals surface area contributed by atoms with Gasteiger partial charge in [-0.15, -0.1) is 0 Å². The first-order valence-electron chi connectivity index (χ1n) is 5.25. The maximum Gasteiger partial charge on any atom is 0.418 e. The Morgan fingerprint density at radius 3 is 2.21 bits per heavy atom. The zero-order valence-electron chi connectivity index (χ0n) is 10.1. The van der Waals surface area contributed by atoms with E-state index in [0.717, 1.165) is 12.1 Å². The maximum absolute atomic E-state index is 13.7. The van der Waals surface area contributed by atoms with Gasteiger partial charge in [0.05, 0.1) is 4.90 Å². The van der Waals surface area contributed by atoms with Crippen LogP contribution in [0.4, 0.5) is 17.6 Å². The molecule has 0 saturated heterocycles. The number of rotatable bonds is 3. The molecule has 0 amide bonds. The summed E-state index contributed by atoms with van der Waals surface area (Å²) in [5, 5.41) is 9.12. The Labute approximate surface area is 107 Å². The number of halogens is 4. The summed E-state index contributed by atoms with van der Waals surface area (Å²) in [6.45, 7) is 1.60. The standard InChI is InChI=1S/C11H12F4O3S/c1-3-6-4-7(12)9(10(16)11(13,14)15)8(5-6)19(2,17)18/h4-5,10,16H,3H2,1-2H3. The normalized spacial score (nSPS) is 14.5. The molecule has 0 heterocycles. The van der Waals surface area contributed by atoms with Gasteiger partial charge in [0.25, 0.3) is 0 Å². The van der Waals surface area contributed by atoms with Crippen molar-refractivity contribution in [2.45, 2.75) is 30.5 Å². The van der Waals surface area contributed by atoms with Gasteiger partial charge in [-0.25, -0.2) is 12.8 Å². The van der Waals surface area contributed by atoms with Crippen LogP contribution in [0.3, 0.4) is 0 Å². The molecule has 0 spiro atoms. The van der Waals surface area contributed by atoms with Crippen LogP contribution < -0.4 is 0 Å². The molecule has 108 valence electrons. The Bertz CT molecular complexity index is 578. The molecule has 8 heteroatoms. The van der Waals surface area contributed by atoms with E-state index in [-0.39, 0.29) is 12.0 Å². The van der Waals surface area contributed by atoms with E-state index in [1.54, 1.807) is 6.92 Å². The Kier molecular flexibility index (Phi) is 4.26. The minimum Gasteiger partial charge on any atom is -0.379 e. The number of alkyl halides is 3. The number of aliphatic hydroxyl groups is 1. The molecule has 0 bridgehead atoms. The number of aliphatic hydroxyl groups excluding tert-OH is 1. The van der Waals surface area contributed by atoms with Gasteiger partial charge in [0.15, 0.2) is 15.9 Å². The van der Waals surface area contributed by atoms with Gasteiger partial charge in [-0.05, 0) is 24.1 Å². The predicted octanol–water partition coefficient (Wildman–Crippen LogP) is 2.39. The molecule has 19 heavy (non-hydrogen) atoms. The van der Waals surface area contributed by atoms with E-state index in [9.17, 15) is 26.0 Å². The third-order valence-electron chi connectivity index (χ3n) is 2.54. The highest BCUT2D eigenvalue weighted by atomic mass is 32.2. The Balaban J connectivity index is 3.64. The molecule has 0 aliphatic heterocycles. The Morgan fingerprint density at radius 1 is 1.32 bits per heavy atom. The highest BCUT2D eigenvalue weighted by Gasteiger charge is 2.43. The molecule has 1 aromatic carbocycles. The van der Waals surface area contributed by atoms with E-state index in [2.05, 4.69) is 0 Å². The quantitative estimate of drug-likeness (QED) is 0.872. The van der Waals surface area contributed by atoms with Gasteiger partial charge in [0, 0.05) is 11.8 Å². The highest BCUT2D eigenvalue weighted by molar-refractivity contribution is 7.90. The minimum absolute atomic E-state index is 0.232. The van der Waals surface area contributed by atoms with Crippen molar-refractivity contribution in [3.05, 3.63) is 29.1 Å². The summed E-state index contributed by atoms with van der Waals surface area (Å²) >= 11 is 0. The van der Waals surface area contributed by atoms with Crippen molar-refractivity contribution in [1.29, 1.82) is 0 Å². The van der Waals surface area contributed by atoms with Crippen molar-refractivity contribution in [2.75, 3.05) is 6.26 Å². The van der Waals surface area contributed by atoms with Crippen molar-refractivity contribution in [3.8, 4) is 0 Å². The third-order valence-corrected chi connectivity index (χ3v) is 3.68. The fraction of sp³-hybridized carbons (Fsp3) is 0.455. The van der Waals surface area contributed by atoms with E-state index >= 15 is 0 Å². The molecule has 0 aliphatic carbocycles. The van der Waals surface area contributed by atoms with Crippen molar-refractivity contribution in [2.24, 2.45) is 0 Å². The zero-order valence-corrected chi connectivity index (χ0v) is 10.9. The van der Waals surface area contributed by atoms with Gasteiger partial charge >= 0.3 is 6.18 Å². The van der Waals surface area contributed by atoms with Crippen LogP contribution in [0.25, 0.3) is 0 Å². The second-order valence-electron chi connectivity index (χ2n) is 4.06. The summed E-state index contributed by atoms with van der Waals surface area (Å²) in [4.78, 5) is -0.839. The summed E-state index contributed by atoms with van der Waals surface area (Å²) < 4.78 is 74.0. The molecule has 1 rings (SSSR count). The maximum atomic E-state index is 13.7. The molecular formula is C11H12F4O3S. The Morgan fingerprint density at radius 2 is 1.84 bits per heavy atom. The molecular weight excluding hydrogens is 288 g/mol. The van der Waals surface area contributed by atoms with E-state index < -0.39 is 38.4 Å². The highest BCUT2D eigenvalue weighted by Crippen LogP contribution is 2.37. The molecule has 0 radical (unpaired) electrons. The van der Waals surface area contributed by atoms with Gasteiger partial charge in [-0.1, -0.05) is 6.92 Å². The second kappa shape index (κ2) is 5.09. The van der Waals surface area contributed by atoms with E-state index in [0.29, 0.717) is 6.26 Å². The summed E-state index contributed by atoms with van der Waals surface area (Å²) in [6, 6.07) is 1.74. The fourth-order valence-corrected chi connectivity index (χ4v) is 2.56. The van der Waals surface area contributed by atoms with E-state index in [1.807, 2.05) is 0 Å². The summed E-state index contributed by atoms with van der Waals surface area (Å²) in [7, 11) is -4.09.